The molecule has 9 heteroatoms. The number of esters is 1. The van der Waals surface area contributed by atoms with Gasteiger partial charge in [0.05, 0.1) is 12.3 Å². The molecule has 0 radical (unpaired) electrons. The van der Waals surface area contributed by atoms with Crippen LogP contribution in [0.2, 0.25) is 0 Å². The van der Waals surface area contributed by atoms with Crippen molar-refractivity contribution >= 4 is 45.7 Å². The number of carbonyl (C=O) groups is 2. The van der Waals surface area contributed by atoms with Crippen LogP contribution in [0.4, 0.5) is 5.13 Å². The van der Waals surface area contributed by atoms with Crippen molar-refractivity contribution < 1.29 is 18.7 Å². The third kappa shape index (κ3) is 4.92. The van der Waals surface area contributed by atoms with Gasteiger partial charge in [0.25, 0.3) is 5.91 Å². The lowest BCUT2D eigenvalue weighted by Crippen LogP contribution is -2.33. The summed E-state index contributed by atoms with van der Waals surface area (Å²) >= 11 is 6.28. The number of anilines is 1. The highest BCUT2D eigenvalue weighted by Crippen LogP contribution is 2.25. The van der Waals surface area contributed by atoms with Crippen LogP contribution in [-0.2, 0) is 4.74 Å². The number of aryl methyl sites for hydroxylation is 3. The molecule has 2 aromatic heterocycles. The fraction of sp³-hybridized carbons (Fsp3) is 0.238. The van der Waals surface area contributed by atoms with Crippen LogP contribution < -0.4 is 10.6 Å². The molecule has 7 nitrogen and oxygen atoms in total. The Labute approximate surface area is 183 Å². The highest BCUT2D eigenvalue weighted by Gasteiger charge is 2.18. The van der Waals surface area contributed by atoms with Gasteiger partial charge < -0.3 is 14.5 Å². The lowest BCUT2D eigenvalue weighted by atomic mass is 10.1. The van der Waals surface area contributed by atoms with Gasteiger partial charge in [-0.1, -0.05) is 23.5 Å². The molecule has 0 aliphatic rings. The van der Waals surface area contributed by atoms with Crippen LogP contribution in [0, 0.1) is 20.8 Å². The van der Waals surface area contributed by atoms with Crippen LogP contribution in [0.1, 0.15) is 44.0 Å². The van der Waals surface area contributed by atoms with Gasteiger partial charge >= 0.3 is 5.97 Å². The van der Waals surface area contributed by atoms with Crippen LogP contribution in [0.5, 0.6) is 0 Å². The third-order valence-electron chi connectivity index (χ3n) is 4.33. The zero-order valence-corrected chi connectivity index (χ0v) is 18.6. The first-order valence-electron chi connectivity index (χ1n) is 9.22. The Balaban J connectivity index is 1.64. The molecule has 0 aliphatic carbocycles. The molecule has 2 N–H and O–H groups in total. The number of furan rings is 1. The minimum atomic E-state index is -0.485. The van der Waals surface area contributed by atoms with Crippen molar-refractivity contribution in [1.29, 1.82) is 0 Å². The first-order valence-corrected chi connectivity index (χ1v) is 10.4. The van der Waals surface area contributed by atoms with Crippen molar-refractivity contribution in [1.82, 2.24) is 10.3 Å². The lowest BCUT2D eigenvalue weighted by molar-refractivity contribution is 0.0531. The molecule has 0 bridgehead atoms. The van der Waals surface area contributed by atoms with E-state index in [0.717, 1.165) is 22.5 Å². The molecule has 0 atom stereocenters. The Hall–Kier alpha value is -3.04. The molecule has 1 amide bonds. The van der Waals surface area contributed by atoms with Crippen LogP contribution in [0.15, 0.2) is 34.7 Å². The maximum atomic E-state index is 12.5. The van der Waals surface area contributed by atoms with E-state index < -0.39 is 11.9 Å². The van der Waals surface area contributed by atoms with Crippen molar-refractivity contribution in [2.75, 3.05) is 11.9 Å². The Morgan fingerprint density at radius 3 is 2.63 bits per heavy atom. The van der Waals surface area contributed by atoms with E-state index in [9.17, 15) is 9.59 Å². The largest absolute Gasteiger partial charge is 0.462 e. The SMILES string of the molecule is CCOC(=O)c1sc(NC(=S)NC(=O)c2ccc(-c3ccc(C)c(C)c3)o2)nc1C. The monoisotopic (exact) mass is 443 g/mol. The molecular weight excluding hydrogens is 422 g/mol. The molecule has 0 aliphatic heterocycles. The van der Waals surface area contributed by atoms with Gasteiger partial charge in [0.15, 0.2) is 16.0 Å². The summed E-state index contributed by atoms with van der Waals surface area (Å²) in [7, 11) is 0. The molecule has 1 aromatic carbocycles. The van der Waals surface area contributed by atoms with Gasteiger partial charge in [-0.3, -0.25) is 10.1 Å². The van der Waals surface area contributed by atoms with Crippen molar-refractivity contribution in [3.63, 3.8) is 0 Å². The Morgan fingerprint density at radius 2 is 1.93 bits per heavy atom. The molecular formula is C21H21N3O4S2. The van der Waals surface area contributed by atoms with Gasteiger partial charge in [0.2, 0.25) is 0 Å². The quantitative estimate of drug-likeness (QED) is 0.438. The standard InChI is InChI=1S/C21H21N3O4S2/c1-5-27-19(26)17-13(4)22-21(30-17)24-20(29)23-18(25)16-9-8-15(28-16)14-7-6-11(2)12(3)10-14/h6-10H,5H2,1-4H3,(H2,22,23,24,25,29). The van der Waals surface area contributed by atoms with E-state index in [1.165, 1.54) is 5.56 Å². The van der Waals surface area contributed by atoms with Gasteiger partial charge in [0.1, 0.15) is 10.6 Å². The third-order valence-corrected chi connectivity index (χ3v) is 5.58. The number of thiazole rings is 1. The predicted molar refractivity (Wildman–Crippen MR) is 120 cm³/mol. The number of amides is 1. The topological polar surface area (TPSA) is 93.5 Å². The van der Waals surface area contributed by atoms with Crippen molar-refractivity contribution in [2.24, 2.45) is 0 Å². The number of hydrogen-bond acceptors (Lipinski definition) is 7. The number of hydrogen-bond donors (Lipinski definition) is 2. The predicted octanol–water partition coefficient (Wildman–Crippen LogP) is 4.63. The van der Waals surface area contributed by atoms with E-state index in [2.05, 4.69) is 15.6 Å². The fourth-order valence-electron chi connectivity index (χ4n) is 2.64. The van der Waals surface area contributed by atoms with Crippen LogP contribution >= 0.6 is 23.6 Å². The number of rotatable bonds is 5. The van der Waals surface area contributed by atoms with E-state index in [0.29, 0.717) is 21.5 Å². The maximum absolute atomic E-state index is 12.5. The molecule has 0 saturated carbocycles. The molecule has 0 fully saturated rings. The minimum absolute atomic E-state index is 0.0493. The van der Waals surface area contributed by atoms with E-state index in [1.54, 1.807) is 26.0 Å². The van der Waals surface area contributed by atoms with Crippen LogP contribution in [0.25, 0.3) is 11.3 Å². The number of thiocarbonyl (C=S) groups is 1. The van der Waals surface area contributed by atoms with E-state index >= 15 is 0 Å². The molecule has 0 unspecified atom stereocenters. The van der Waals surface area contributed by atoms with Crippen LogP contribution in [0.3, 0.4) is 0 Å². The summed E-state index contributed by atoms with van der Waals surface area (Å²) in [5, 5.41) is 5.80. The first-order chi connectivity index (χ1) is 14.3. The van der Waals surface area contributed by atoms with Crippen molar-refractivity contribution in [2.45, 2.75) is 27.7 Å². The van der Waals surface area contributed by atoms with E-state index in [-0.39, 0.29) is 17.5 Å². The number of nitrogens with one attached hydrogen (secondary N) is 2. The van der Waals surface area contributed by atoms with Gasteiger partial charge in [-0.25, -0.2) is 9.78 Å². The maximum Gasteiger partial charge on any atom is 0.350 e. The molecule has 3 aromatic rings. The number of aromatic nitrogens is 1. The average molecular weight is 444 g/mol. The second kappa shape index (κ2) is 9.19. The fourth-order valence-corrected chi connectivity index (χ4v) is 3.76. The Morgan fingerprint density at radius 1 is 1.17 bits per heavy atom. The van der Waals surface area contributed by atoms with Crippen LogP contribution in [-0.4, -0.2) is 28.6 Å². The van der Waals surface area contributed by atoms with Gasteiger partial charge in [-0.15, -0.1) is 0 Å². The van der Waals surface area contributed by atoms with Gasteiger partial charge in [0, 0.05) is 5.56 Å². The highest BCUT2D eigenvalue weighted by atomic mass is 32.1. The number of nitrogens with zero attached hydrogens (tertiary/aromatic N) is 1. The summed E-state index contributed by atoms with van der Waals surface area (Å²) in [6.45, 7) is 7.77. The molecule has 3 rings (SSSR count). The number of benzene rings is 1. The lowest BCUT2D eigenvalue weighted by Gasteiger charge is -2.06. The Bertz CT molecular complexity index is 1120. The van der Waals surface area contributed by atoms with E-state index in [1.807, 2.05) is 32.0 Å². The number of carbonyl (C=O) groups excluding carboxylic acids is 2. The van der Waals surface area contributed by atoms with Crippen molar-refractivity contribution in [3.8, 4) is 11.3 Å². The van der Waals surface area contributed by atoms with Gasteiger partial charge in [-0.05, 0) is 69.2 Å². The number of ether oxygens (including phenoxy) is 1. The van der Waals surface area contributed by atoms with Crippen molar-refractivity contribution in [3.05, 3.63) is 57.8 Å². The summed E-state index contributed by atoms with van der Waals surface area (Å²) in [6, 6.07) is 9.29. The van der Waals surface area contributed by atoms with Gasteiger partial charge in [-0.2, -0.15) is 0 Å². The molecule has 0 saturated heterocycles. The Kier molecular flexibility index (Phi) is 6.63. The molecule has 156 valence electrons. The molecule has 30 heavy (non-hydrogen) atoms. The molecule has 0 spiro atoms. The zero-order chi connectivity index (χ0) is 21.8. The minimum Gasteiger partial charge on any atom is -0.462 e. The summed E-state index contributed by atoms with van der Waals surface area (Å²) < 4.78 is 10.7. The zero-order valence-electron chi connectivity index (χ0n) is 17.0. The summed E-state index contributed by atoms with van der Waals surface area (Å²) in [5.74, 6) is -0.196. The average Bonchev–Trinajstić information content (AvgIpc) is 3.31. The smallest absolute Gasteiger partial charge is 0.350 e. The normalized spacial score (nSPS) is 10.5. The second-order valence-corrected chi connectivity index (χ2v) is 7.93. The molecule has 2 heterocycles. The second-order valence-electron chi connectivity index (χ2n) is 6.53. The first kappa shape index (κ1) is 21.7. The highest BCUT2D eigenvalue weighted by molar-refractivity contribution is 7.80. The van der Waals surface area contributed by atoms with E-state index in [4.69, 9.17) is 21.4 Å². The summed E-state index contributed by atoms with van der Waals surface area (Å²) in [4.78, 5) is 29.0. The summed E-state index contributed by atoms with van der Waals surface area (Å²) in [6.07, 6.45) is 0. The summed E-state index contributed by atoms with van der Waals surface area (Å²) in [5.41, 5.74) is 3.74.